The highest BCUT2D eigenvalue weighted by molar-refractivity contribution is 4.89. The normalized spacial score (nSPS) is 39.4. The lowest BCUT2D eigenvalue weighted by Crippen LogP contribution is -2.41. The quantitative estimate of drug-likeness (QED) is 0.863. The molecule has 2 aliphatic heterocycles. The van der Waals surface area contributed by atoms with Gasteiger partial charge < -0.3 is 10.0 Å². The Morgan fingerprint density at radius 1 is 1.05 bits per heavy atom. The predicted molar refractivity (Wildman–Crippen MR) is 87.3 cm³/mol. The average molecular weight is 294 g/mol. The van der Waals surface area contributed by atoms with E-state index in [1.807, 2.05) is 0 Å². The van der Waals surface area contributed by atoms with E-state index in [1.165, 1.54) is 58.3 Å². The van der Waals surface area contributed by atoms with Crippen LogP contribution in [-0.2, 0) is 0 Å². The van der Waals surface area contributed by atoms with Gasteiger partial charge in [0.2, 0.25) is 0 Å². The number of aliphatic hydroxyl groups excluding tert-OH is 1. The highest BCUT2D eigenvalue weighted by Gasteiger charge is 2.35. The first-order valence-corrected chi connectivity index (χ1v) is 9.28. The van der Waals surface area contributed by atoms with Crippen LogP contribution in [0, 0.1) is 17.8 Å². The first kappa shape index (κ1) is 15.8. The van der Waals surface area contributed by atoms with Gasteiger partial charge in [0.15, 0.2) is 0 Å². The molecule has 0 amide bonds. The summed E-state index contributed by atoms with van der Waals surface area (Å²) in [5.41, 5.74) is 0. The third kappa shape index (κ3) is 3.80. The molecule has 3 heteroatoms. The molecule has 21 heavy (non-hydrogen) atoms. The van der Waals surface area contributed by atoms with Gasteiger partial charge in [0.05, 0.1) is 6.10 Å². The second kappa shape index (κ2) is 6.97. The van der Waals surface area contributed by atoms with Gasteiger partial charge in [-0.3, -0.25) is 4.90 Å². The molecule has 0 aromatic heterocycles. The molecule has 0 aromatic carbocycles. The molecule has 3 aliphatic rings. The summed E-state index contributed by atoms with van der Waals surface area (Å²) in [4.78, 5) is 5.34. The van der Waals surface area contributed by atoms with Gasteiger partial charge in [-0.1, -0.05) is 13.8 Å². The summed E-state index contributed by atoms with van der Waals surface area (Å²) in [6, 6.07) is 0.800. The molecule has 1 aliphatic carbocycles. The summed E-state index contributed by atoms with van der Waals surface area (Å²) in [5.74, 6) is 2.12. The molecule has 2 saturated heterocycles. The van der Waals surface area contributed by atoms with Crippen molar-refractivity contribution in [3.8, 4) is 0 Å². The van der Waals surface area contributed by atoms with E-state index in [2.05, 4.69) is 23.6 Å². The summed E-state index contributed by atoms with van der Waals surface area (Å²) in [6.45, 7) is 11.0. The van der Waals surface area contributed by atoms with Crippen molar-refractivity contribution in [2.75, 3.05) is 32.7 Å². The summed E-state index contributed by atoms with van der Waals surface area (Å²) in [6.07, 6.45) is 7.58. The zero-order valence-electron chi connectivity index (χ0n) is 14.0. The maximum absolute atomic E-state index is 10.4. The predicted octanol–water partition coefficient (Wildman–Crippen LogP) is 2.59. The zero-order chi connectivity index (χ0) is 14.8. The van der Waals surface area contributed by atoms with Gasteiger partial charge in [0.1, 0.15) is 0 Å². The molecule has 3 rings (SSSR count). The van der Waals surface area contributed by atoms with Gasteiger partial charge in [-0.05, 0) is 75.9 Å². The first-order valence-electron chi connectivity index (χ1n) is 9.28. The Hall–Kier alpha value is -0.120. The summed E-state index contributed by atoms with van der Waals surface area (Å²) in [7, 11) is 0. The topological polar surface area (TPSA) is 26.7 Å². The van der Waals surface area contributed by atoms with Crippen molar-refractivity contribution in [3.63, 3.8) is 0 Å². The zero-order valence-corrected chi connectivity index (χ0v) is 14.0. The monoisotopic (exact) mass is 294 g/mol. The van der Waals surface area contributed by atoms with E-state index in [1.54, 1.807) is 0 Å². The molecule has 0 aromatic rings. The molecule has 2 heterocycles. The van der Waals surface area contributed by atoms with Crippen LogP contribution in [0.15, 0.2) is 0 Å². The Bertz CT molecular complexity index is 327. The van der Waals surface area contributed by atoms with Crippen LogP contribution in [0.3, 0.4) is 0 Å². The van der Waals surface area contributed by atoms with Crippen molar-refractivity contribution in [2.45, 2.75) is 64.5 Å². The van der Waals surface area contributed by atoms with Gasteiger partial charge in [-0.2, -0.15) is 0 Å². The lowest BCUT2D eigenvalue weighted by molar-refractivity contribution is 0.0212. The van der Waals surface area contributed by atoms with Crippen LogP contribution in [0.1, 0.15) is 52.4 Å². The van der Waals surface area contributed by atoms with Crippen LogP contribution in [0.25, 0.3) is 0 Å². The van der Waals surface area contributed by atoms with Crippen molar-refractivity contribution >= 4 is 0 Å². The minimum Gasteiger partial charge on any atom is -0.393 e. The summed E-state index contributed by atoms with van der Waals surface area (Å²) in [5, 5.41) is 10.4. The first-order chi connectivity index (χ1) is 10.1. The van der Waals surface area contributed by atoms with Gasteiger partial charge in [0.25, 0.3) is 0 Å². The molecule has 4 atom stereocenters. The van der Waals surface area contributed by atoms with Gasteiger partial charge in [0, 0.05) is 19.1 Å². The molecule has 0 spiro atoms. The van der Waals surface area contributed by atoms with Crippen LogP contribution < -0.4 is 0 Å². The Kier molecular flexibility index (Phi) is 5.23. The number of hydrogen-bond donors (Lipinski definition) is 1. The Morgan fingerprint density at radius 3 is 2.52 bits per heavy atom. The molecule has 1 N–H and O–H groups in total. The average Bonchev–Trinajstić information content (AvgIpc) is 3.11. The number of aliphatic hydroxyl groups is 1. The van der Waals surface area contributed by atoms with Gasteiger partial charge in [-0.25, -0.2) is 0 Å². The van der Waals surface area contributed by atoms with E-state index in [0.717, 1.165) is 30.8 Å². The molecular formula is C18H34N2O. The molecule has 122 valence electrons. The fourth-order valence-corrected chi connectivity index (χ4v) is 4.80. The smallest absolute Gasteiger partial charge is 0.0580 e. The van der Waals surface area contributed by atoms with Crippen LogP contribution in [0.2, 0.25) is 0 Å². The Labute approximate surface area is 130 Å². The summed E-state index contributed by atoms with van der Waals surface area (Å²) < 4.78 is 0. The van der Waals surface area contributed by atoms with Crippen molar-refractivity contribution < 1.29 is 5.11 Å². The third-order valence-corrected chi connectivity index (χ3v) is 6.32. The number of hydrogen-bond acceptors (Lipinski definition) is 3. The Balaban J connectivity index is 1.49. The van der Waals surface area contributed by atoms with Crippen LogP contribution in [-0.4, -0.2) is 59.8 Å². The third-order valence-electron chi connectivity index (χ3n) is 6.32. The molecule has 3 fully saturated rings. The van der Waals surface area contributed by atoms with E-state index < -0.39 is 0 Å². The van der Waals surface area contributed by atoms with Gasteiger partial charge in [-0.15, -0.1) is 0 Å². The van der Waals surface area contributed by atoms with Crippen molar-refractivity contribution in [2.24, 2.45) is 17.8 Å². The molecule has 0 bridgehead atoms. The fourth-order valence-electron chi connectivity index (χ4n) is 4.80. The summed E-state index contributed by atoms with van der Waals surface area (Å²) >= 11 is 0. The molecule has 3 nitrogen and oxygen atoms in total. The lowest BCUT2D eigenvalue weighted by Gasteiger charge is -2.37. The molecule has 4 unspecified atom stereocenters. The maximum atomic E-state index is 10.4. The number of likely N-dealkylation sites (tertiary alicyclic amines) is 2. The van der Waals surface area contributed by atoms with E-state index in [0.29, 0.717) is 5.92 Å². The molecule has 1 saturated carbocycles. The largest absolute Gasteiger partial charge is 0.393 e. The lowest BCUT2D eigenvalue weighted by atomic mass is 9.74. The second-order valence-electron chi connectivity index (χ2n) is 8.09. The van der Waals surface area contributed by atoms with Crippen molar-refractivity contribution in [1.29, 1.82) is 0 Å². The van der Waals surface area contributed by atoms with Crippen LogP contribution in [0.5, 0.6) is 0 Å². The minimum atomic E-state index is -0.0502. The van der Waals surface area contributed by atoms with Crippen molar-refractivity contribution in [3.05, 3.63) is 0 Å². The van der Waals surface area contributed by atoms with Gasteiger partial charge >= 0.3 is 0 Å². The maximum Gasteiger partial charge on any atom is 0.0580 e. The van der Waals surface area contributed by atoms with E-state index >= 15 is 0 Å². The highest BCUT2D eigenvalue weighted by Crippen LogP contribution is 2.35. The number of rotatable bonds is 4. The number of nitrogens with zero attached hydrogens (tertiary/aromatic N) is 2. The highest BCUT2D eigenvalue weighted by atomic mass is 16.3. The van der Waals surface area contributed by atoms with E-state index in [4.69, 9.17) is 0 Å². The van der Waals surface area contributed by atoms with E-state index in [9.17, 15) is 5.11 Å². The Morgan fingerprint density at radius 2 is 1.81 bits per heavy atom. The van der Waals surface area contributed by atoms with Crippen LogP contribution >= 0.6 is 0 Å². The minimum absolute atomic E-state index is 0.0502. The van der Waals surface area contributed by atoms with Crippen molar-refractivity contribution in [1.82, 2.24) is 9.80 Å². The second-order valence-corrected chi connectivity index (χ2v) is 8.09. The standard InChI is InChI=1S/C18H34N2O/c1-14(2)15-5-6-18(21)16(11-15)12-19-10-7-17(13-19)20-8-3-4-9-20/h14-18,21H,3-13H2,1-2H3. The van der Waals surface area contributed by atoms with E-state index in [-0.39, 0.29) is 6.10 Å². The SMILES string of the molecule is CC(C)C1CCC(O)C(CN2CCC(N3CCCC3)C2)C1. The fraction of sp³-hybridized carbons (Fsp3) is 1.00. The molecular weight excluding hydrogens is 260 g/mol. The van der Waals surface area contributed by atoms with Crippen LogP contribution in [0.4, 0.5) is 0 Å². The molecule has 0 radical (unpaired) electrons.